The summed E-state index contributed by atoms with van der Waals surface area (Å²) in [5.41, 5.74) is -2.63. The molecular formula is C30H43N3O8S2. The summed E-state index contributed by atoms with van der Waals surface area (Å²) in [4.78, 5) is 26.1. The number of fused-ring (bicyclic) bond motifs is 1. The summed E-state index contributed by atoms with van der Waals surface area (Å²) in [5.74, 6) is 0.0490. The Morgan fingerprint density at radius 2 is 1.74 bits per heavy atom. The third-order valence-corrected chi connectivity index (χ3v) is 9.31. The molecule has 3 rings (SSSR count). The molecule has 0 unspecified atom stereocenters. The van der Waals surface area contributed by atoms with Crippen LogP contribution in [0.1, 0.15) is 46.6 Å². The molecule has 238 valence electrons. The predicted molar refractivity (Wildman–Crippen MR) is 166 cm³/mol. The number of nitrogens with one attached hydrogen (secondary N) is 3. The molecule has 0 bridgehead atoms. The van der Waals surface area contributed by atoms with Gasteiger partial charge in [0.25, 0.3) is 0 Å². The van der Waals surface area contributed by atoms with E-state index in [4.69, 9.17) is 14.2 Å². The number of hydrogen-bond donors (Lipinski definition) is 4. The first-order valence-corrected chi connectivity index (χ1v) is 17.1. The molecule has 0 saturated heterocycles. The summed E-state index contributed by atoms with van der Waals surface area (Å²) in [7, 11) is -3.92. The van der Waals surface area contributed by atoms with E-state index >= 15 is 0 Å². The Kier molecular flexibility index (Phi) is 11.4. The number of thioether (sulfide) groups is 1. The number of rotatable bonds is 14. The summed E-state index contributed by atoms with van der Waals surface area (Å²) in [6.07, 6.45) is 1.83. The zero-order chi connectivity index (χ0) is 31.9. The smallest absolute Gasteiger partial charge is 0.408 e. The monoisotopic (exact) mass is 637 g/mol. The van der Waals surface area contributed by atoms with Crippen molar-refractivity contribution >= 4 is 33.6 Å². The fourth-order valence-electron chi connectivity index (χ4n) is 4.53. The molecule has 1 aliphatic rings. The third-order valence-electron chi connectivity index (χ3n) is 6.67. The van der Waals surface area contributed by atoms with Crippen molar-refractivity contribution in [2.24, 2.45) is 0 Å². The molecule has 2 amide bonds. The van der Waals surface area contributed by atoms with Gasteiger partial charge in [0.2, 0.25) is 12.7 Å². The minimum atomic E-state index is -3.92. The highest BCUT2D eigenvalue weighted by molar-refractivity contribution is 7.98. The number of amides is 2. The van der Waals surface area contributed by atoms with Crippen LogP contribution in [0, 0.1) is 0 Å². The molecule has 43 heavy (non-hydrogen) atoms. The molecule has 0 radical (unpaired) electrons. The van der Waals surface area contributed by atoms with Crippen LogP contribution in [-0.4, -0.2) is 79.5 Å². The minimum absolute atomic E-state index is 0.00416. The van der Waals surface area contributed by atoms with Crippen LogP contribution in [0.5, 0.6) is 11.5 Å². The first-order valence-electron chi connectivity index (χ1n) is 14.0. The lowest BCUT2D eigenvalue weighted by atomic mass is 9.95. The molecule has 0 aliphatic carbocycles. The molecular weight excluding hydrogens is 594 g/mol. The third kappa shape index (κ3) is 10.3. The second-order valence-corrected chi connectivity index (χ2v) is 14.8. The maximum Gasteiger partial charge on any atom is 0.408 e. The van der Waals surface area contributed by atoms with Crippen LogP contribution >= 0.6 is 11.8 Å². The number of aliphatic hydroxyl groups is 1. The molecule has 1 heterocycles. The molecule has 13 heteroatoms. The Labute approximate surface area is 258 Å². The van der Waals surface area contributed by atoms with Crippen LogP contribution in [0.4, 0.5) is 4.79 Å². The van der Waals surface area contributed by atoms with Gasteiger partial charge in [-0.1, -0.05) is 37.3 Å². The van der Waals surface area contributed by atoms with Crippen molar-refractivity contribution in [1.82, 2.24) is 16.0 Å². The van der Waals surface area contributed by atoms with Gasteiger partial charge in [-0.3, -0.25) is 10.1 Å². The summed E-state index contributed by atoms with van der Waals surface area (Å²) in [5, 5.41) is 20.3. The Balaban J connectivity index is 1.81. The summed E-state index contributed by atoms with van der Waals surface area (Å²) in [6.45, 7) is 8.36. The van der Waals surface area contributed by atoms with Crippen LogP contribution in [0.2, 0.25) is 0 Å². The molecule has 0 spiro atoms. The number of carbonyl (C=O) groups excluding carboxylic acids is 2. The van der Waals surface area contributed by atoms with E-state index in [-0.39, 0.29) is 18.2 Å². The van der Waals surface area contributed by atoms with Gasteiger partial charge in [-0.25, -0.2) is 13.2 Å². The molecule has 4 N–H and O–H groups in total. The highest BCUT2D eigenvalue weighted by Gasteiger charge is 2.37. The van der Waals surface area contributed by atoms with Gasteiger partial charge in [0, 0.05) is 24.8 Å². The fourth-order valence-corrected chi connectivity index (χ4v) is 6.75. The summed E-state index contributed by atoms with van der Waals surface area (Å²) < 4.78 is 42.5. The van der Waals surface area contributed by atoms with Crippen molar-refractivity contribution in [3.8, 4) is 11.5 Å². The van der Waals surface area contributed by atoms with Crippen LogP contribution in [0.15, 0.2) is 53.4 Å². The molecule has 0 saturated carbocycles. The van der Waals surface area contributed by atoms with E-state index in [1.165, 1.54) is 36.9 Å². The largest absolute Gasteiger partial charge is 0.454 e. The number of alkyl carbamates (subject to hydrolysis) is 1. The summed E-state index contributed by atoms with van der Waals surface area (Å²) >= 11 is 1.39. The lowest BCUT2D eigenvalue weighted by molar-refractivity contribution is -0.125. The first-order chi connectivity index (χ1) is 20.1. The van der Waals surface area contributed by atoms with E-state index in [1.54, 1.807) is 20.8 Å². The molecule has 3 atom stereocenters. The Hall–Kier alpha value is -3.00. The van der Waals surface area contributed by atoms with Crippen molar-refractivity contribution in [3.05, 3.63) is 54.1 Å². The topological polar surface area (TPSA) is 152 Å². The number of sulfone groups is 1. The minimum Gasteiger partial charge on any atom is -0.454 e. The van der Waals surface area contributed by atoms with Crippen LogP contribution in [0.3, 0.4) is 0 Å². The SMILES string of the molecule is CC[C@](Cc1ccccc1)(NC[C@@](C)(O)CS(=O)(=O)c1ccc2c(c1)OCO2)NC(=O)[C@@H](CSC)NC(=O)OC(C)(C)C. The highest BCUT2D eigenvalue weighted by Crippen LogP contribution is 2.34. The molecule has 2 aromatic rings. The van der Waals surface area contributed by atoms with E-state index in [9.17, 15) is 23.1 Å². The van der Waals surface area contributed by atoms with Crippen molar-refractivity contribution in [3.63, 3.8) is 0 Å². The predicted octanol–water partition coefficient (Wildman–Crippen LogP) is 3.25. The Morgan fingerprint density at radius 3 is 2.37 bits per heavy atom. The van der Waals surface area contributed by atoms with Gasteiger partial charge in [-0.15, -0.1) is 0 Å². The molecule has 0 aromatic heterocycles. The van der Waals surface area contributed by atoms with Gasteiger partial charge >= 0.3 is 6.09 Å². The second-order valence-electron chi connectivity index (χ2n) is 11.9. The molecule has 2 aromatic carbocycles. The normalized spacial score (nSPS) is 16.4. The quantitative estimate of drug-likeness (QED) is 0.227. The average Bonchev–Trinajstić information content (AvgIpc) is 3.39. The van der Waals surface area contributed by atoms with Crippen molar-refractivity contribution in [2.75, 3.05) is 31.1 Å². The zero-order valence-corrected chi connectivity index (χ0v) is 27.2. The van der Waals surface area contributed by atoms with Gasteiger partial charge in [-0.2, -0.15) is 11.8 Å². The van der Waals surface area contributed by atoms with E-state index in [2.05, 4.69) is 16.0 Å². The van der Waals surface area contributed by atoms with Crippen LogP contribution in [-0.2, 0) is 25.8 Å². The molecule has 0 fully saturated rings. The maximum absolute atomic E-state index is 13.6. The lowest BCUT2D eigenvalue weighted by Gasteiger charge is -2.39. The number of benzene rings is 2. The fraction of sp³-hybridized carbons (Fsp3) is 0.533. The van der Waals surface area contributed by atoms with E-state index < -0.39 is 50.5 Å². The van der Waals surface area contributed by atoms with Crippen LogP contribution < -0.4 is 25.4 Å². The second kappa shape index (κ2) is 14.2. The highest BCUT2D eigenvalue weighted by atomic mass is 32.2. The first kappa shape index (κ1) is 34.5. The van der Waals surface area contributed by atoms with Gasteiger partial charge in [0.1, 0.15) is 11.6 Å². The van der Waals surface area contributed by atoms with E-state index in [1.807, 2.05) is 43.5 Å². The Bertz CT molecular complexity index is 1360. The van der Waals surface area contributed by atoms with E-state index in [0.29, 0.717) is 30.1 Å². The molecule has 11 nitrogen and oxygen atoms in total. The van der Waals surface area contributed by atoms with Gasteiger partial charge in [-0.05, 0) is 58.1 Å². The van der Waals surface area contributed by atoms with Gasteiger partial charge in [0.15, 0.2) is 21.3 Å². The maximum atomic E-state index is 13.6. The van der Waals surface area contributed by atoms with Crippen LogP contribution in [0.25, 0.3) is 0 Å². The van der Waals surface area contributed by atoms with E-state index in [0.717, 1.165) is 5.56 Å². The summed E-state index contributed by atoms with van der Waals surface area (Å²) in [6, 6.07) is 12.9. The van der Waals surface area contributed by atoms with Crippen molar-refractivity contribution in [2.45, 2.75) is 75.3 Å². The number of ether oxygens (including phenoxy) is 3. The van der Waals surface area contributed by atoms with Gasteiger partial charge < -0.3 is 30.0 Å². The number of hydrogen-bond acceptors (Lipinski definition) is 10. The lowest BCUT2D eigenvalue weighted by Crippen LogP contribution is -2.66. The zero-order valence-electron chi connectivity index (χ0n) is 25.6. The van der Waals surface area contributed by atoms with Gasteiger partial charge in [0.05, 0.1) is 21.9 Å². The molecule has 1 aliphatic heterocycles. The Morgan fingerprint density at radius 1 is 1.07 bits per heavy atom. The standard InChI is InChI=1S/C30H43N3O8S2/c1-7-30(16-21-11-9-8-10-12-21,33-26(34)23(17-42-6)32-27(35)41-28(2,3)4)31-18-29(5,36)19-43(37,38)22-13-14-24-25(15-22)40-20-39-24/h8-15,23,31,36H,7,16-20H2,1-6H3,(H,32,35)(H,33,34)/t23-,29-,30+/m1/s1. The van der Waals surface area contributed by atoms with Crippen molar-refractivity contribution < 1.29 is 37.3 Å². The average molecular weight is 638 g/mol. The van der Waals surface area contributed by atoms with Crippen molar-refractivity contribution in [1.29, 1.82) is 0 Å². The number of carbonyl (C=O) groups is 2.